The molecule has 2 amide bonds. The van der Waals surface area contributed by atoms with Gasteiger partial charge in [0.1, 0.15) is 48.3 Å². The Labute approximate surface area is 376 Å². The number of esters is 2. The van der Waals surface area contributed by atoms with Crippen LogP contribution in [0.3, 0.4) is 0 Å². The molecule has 17 heteroatoms. The molecule has 65 heavy (non-hydrogen) atoms. The largest absolute Gasteiger partial charge is 0.460 e. The number of aliphatic hydroxyl groups is 5. The van der Waals surface area contributed by atoms with E-state index in [0.29, 0.717) is 16.7 Å². The maximum Gasteiger partial charge on any atom is 0.338 e. The average Bonchev–Trinajstić information content (AvgIpc) is 3.70. The predicted octanol–water partition coefficient (Wildman–Crippen LogP) is 2.16. The predicted molar refractivity (Wildman–Crippen MR) is 232 cm³/mol. The van der Waals surface area contributed by atoms with Crippen molar-refractivity contribution in [2.45, 2.75) is 113 Å². The van der Waals surface area contributed by atoms with Crippen LogP contribution < -0.4 is 10.6 Å². The van der Waals surface area contributed by atoms with E-state index in [1.807, 2.05) is 60.7 Å². The fourth-order valence-corrected chi connectivity index (χ4v) is 7.66. The molecule has 9 unspecified atom stereocenters. The van der Waals surface area contributed by atoms with Crippen LogP contribution in [0.15, 0.2) is 103 Å². The SMILES string of the molecule is CC(C)(C)OC(=O)CCC(CO)NC(=O)CCNC(=O)C1=CC2OC(c3ccccc3)(c3ccccc3)OC2C(OC(=O)c2ccc(C=CCOC3OC(CO)C(O)C(O)C3O)cc2)C1. The van der Waals surface area contributed by atoms with Crippen LogP contribution >= 0.6 is 0 Å². The van der Waals surface area contributed by atoms with Crippen molar-refractivity contribution < 1.29 is 73.1 Å². The summed E-state index contributed by atoms with van der Waals surface area (Å²) >= 11 is 0. The number of hydrogen-bond acceptors (Lipinski definition) is 15. The van der Waals surface area contributed by atoms with E-state index in [1.54, 1.807) is 63.3 Å². The molecule has 7 N–H and O–H groups in total. The minimum atomic E-state index is -1.56. The highest BCUT2D eigenvalue weighted by Gasteiger charge is 2.55. The van der Waals surface area contributed by atoms with Gasteiger partial charge in [-0.15, -0.1) is 0 Å². The average molecular weight is 903 g/mol. The molecule has 9 atom stereocenters. The van der Waals surface area contributed by atoms with Crippen molar-refractivity contribution >= 4 is 29.8 Å². The smallest absolute Gasteiger partial charge is 0.338 e. The molecule has 3 aromatic rings. The van der Waals surface area contributed by atoms with Crippen LogP contribution in [0, 0.1) is 0 Å². The van der Waals surface area contributed by atoms with Gasteiger partial charge in [-0.2, -0.15) is 0 Å². The van der Waals surface area contributed by atoms with Gasteiger partial charge in [-0.3, -0.25) is 14.4 Å². The van der Waals surface area contributed by atoms with Crippen LogP contribution in [-0.2, 0) is 48.6 Å². The van der Waals surface area contributed by atoms with Crippen molar-refractivity contribution in [3.63, 3.8) is 0 Å². The molecule has 0 bridgehead atoms. The van der Waals surface area contributed by atoms with E-state index in [0.717, 1.165) is 0 Å². The number of hydrogen-bond donors (Lipinski definition) is 7. The summed E-state index contributed by atoms with van der Waals surface area (Å²) in [5, 5.41) is 54.9. The highest BCUT2D eigenvalue weighted by atomic mass is 16.8. The van der Waals surface area contributed by atoms with Gasteiger partial charge in [0.05, 0.1) is 31.4 Å². The quantitative estimate of drug-likeness (QED) is 0.0905. The lowest BCUT2D eigenvalue weighted by molar-refractivity contribution is -0.298. The topological polar surface area (TPSA) is 249 Å². The molecule has 1 aliphatic carbocycles. The zero-order valence-electron chi connectivity index (χ0n) is 36.5. The van der Waals surface area contributed by atoms with Crippen LogP contribution in [0.4, 0.5) is 0 Å². The highest BCUT2D eigenvalue weighted by Crippen LogP contribution is 2.47. The number of amides is 2. The van der Waals surface area contributed by atoms with Crippen LogP contribution in [0.5, 0.6) is 0 Å². The van der Waals surface area contributed by atoms with E-state index in [2.05, 4.69) is 10.6 Å². The summed E-state index contributed by atoms with van der Waals surface area (Å²) in [6.07, 6.45) is -4.69. The lowest BCUT2D eigenvalue weighted by Crippen LogP contribution is -2.59. The van der Waals surface area contributed by atoms with E-state index >= 15 is 0 Å². The standard InChI is InChI=1S/C48H58N2O15/c1-47(2,3)64-39(54)21-20-34(27-51)50-38(53)22-23-49-44(58)31-25-35(43-36(26-31)63-48(65-43,32-12-6-4-7-13-32)33-14-8-5-9-15-33)61-45(59)30-18-16-29(17-19-30)11-10-24-60-46-42(57)41(56)40(55)37(28-52)62-46/h4-19,26,34-37,40-43,46,51-52,55-57H,20-25,27-28H2,1-3H3,(H,49,58)(H,50,53). The first kappa shape index (κ1) is 49.1. The third-order valence-corrected chi connectivity index (χ3v) is 10.9. The van der Waals surface area contributed by atoms with Crippen molar-refractivity contribution in [1.82, 2.24) is 10.6 Å². The molecule has 350 valence electrons. The van der Waals surface area contributed by atoms with Gasteiger partial charge in [-0.25, -0.2) is 4.79 Å². The van der Waals surface area contributed by atoms with E-state index in [4.69, 9.17) is 28.4 Å². The van der Waals surface area contributed by atoms with Crippen molar-refractivity contribution in [3.05, 3.63) is 125 Å². The Morgan fingerprint density at radius 3 is 2.14 bits per heavy atom. The summed E-state index contributed by atoms with van der Waals surface area (Å²) in [7, 11) is 0. The molecule has 2 aliphatic heterocycles. The third-order valence-electron chi connectivity index (χ3n) is 10.9. The first-order chi connectivity index (χ1) is 31.1. The second-order valence-corrected chi connectivity index (χ2v) is 17.0. The molecule has 2 heterocycles. The lowest BCUT2D eigenvalue weighted by atomic mass is 9.91. The molecular formula is C48H58N2O15. The highest BCUT2D eigenvalue weighted by molar-refractivity contribution is 5.94. The summed E-state index contributed by atoms with van der Waals surface area (Å²) < 4.78 is 35.9. The molecule has 17 nitrogen and oxygen atoms in total. The number of aliphatic hydroxyl groups excluding tert-OH is 5. The van der Waals surface area contributed by atoms with Gasteiger partial charge in [0, 0.05) is 42.5 Å². The number of benzene rings is 3. The molecular weight excluding hydrogens is 845 g/mol. The normalized spacial score (nSPS) is 25.5. The number of carbonyl (C=O) groups is 4. The minimum Gasteiger partial charge on any atom is -0.460 e. The second-order valence-electron chi connectivity index (χ2n) is 17.0. The number of ether oxygens (including phenoxy) is 6. The summed E-state index contributed by atoms with van der Waals surface area (Å²) in [6.45, 7) is 4.17. The minimum absolute atomic E-state index is 0.00115. The van der Waals surface area contributed by atoms with Crippen LogP contribution in [-0.4, -0.2) is 136 Å². The Bertz CT molecular complexity index is 2080. The third kappa shape index (κ3) is 12.7. The molecule has 2 fully saturated rings. The number of fused-ring (bicyclic) bond motifs is 1. The number of nitrogens with one attached hydrogen (secondary N) is 2. The first-order valence-corrected chi connectivity index (χ1v) is 21.6. The number of rotatable bonds is 18. The molecule has 0 radical (unpaired) electrons. The van der Waals surface area contributed by atoms with Gasteiger partial charge in [0.25, 0.3) is 0 Å². The number of carbonyl (C=O) groups excluding carboxylic acids is 4. The zero-order valence-corrected chi connectivity index (χ0v) is 36.5. The van der Waals surface area contributed by atoms with Gasteiger partial charge in [-0.1, -0.05) is 84.9 Å². The van der Waals surface area contributed by atoms with Crippen molar-refractivity contribution in [3.8, 4) is 0 Å². The lowest BCUT2D eigenvalue weighted by Gasteiger charge is -2.39. The maximum absolute atomic E-state index is 13.8. The van der Waals surface area contributed by atoms with E-state index < -0.39 is 96.8 Å². The monoisotopic (exact) mass is 902 g/mol. The summed E-state index contributed by atoms with van der Waals surface area (Å²) in [4.78, 5) is 52.5. The first-order valence-electron chi connectivity index (χ1n) is 21.6. The van der Waals surface area contributed by atoms with Crippen molar-refractivity contribution in [1.29, 1.82) is 0 Å². The van der Waals surface area contributed by atoms with E-state index in [-0.39, 0.29) is 56.6 Å². The Hall–Kier alpha value is -5.34. The molecule has 6 rings (SSSR count). The maximum atomic E-state index is 13.8. The van der Waals surface area contributed by atoms with Crippen molar-refractivity contribution in [2.75, 3.05) is 26.4 Å². The fraction of sp³-hybridized carbons (Fsp3) is 0.458. The van der Waals surface area contributed by atoms with Gasteiger partial charge in [0.2, 0.25) is 17.6 Å². The summed E-state index contributed by atoms with van der Waals surface area (Å²) in [5.74, 6) is -3.50. The summed E-state index contributed by atoms with van der Waals surface area (Å²) in [6, 6.07) is 24.4. The van der Waals surface area contributed by atoms with Crippen molar-refractivity contribution in [2.24, 2.45) is 0 Å². The van der Waals surface area contributed by atoms with Gasteiger partial charge in [0.15, 0.2) is 6.29 Å². The molecule has 0 spiro atoms. The molecule has 2 saturated heterocycles. The van der Waals surface area contributed by atoms with E-state index in [9.17, 15) is 44.7 Å². The van der Waals surface area contributed by atoms with E-state index in [1.165, 1.54) is 0 Å². The zero-order chi connectivity index (χ0) is 46.7. The molecule has 3 aromatic carbocycles. The van der Waals surface area contributed by atoms with Crippen LogP contribution in [0.1, 0.15) is 73.5 Å². The molecule has 0 saturated carbocycles. The Morgan fingerprint density at radius 2 is 1.52 bits per heavy atom. The Kier molecular flexibility index (Phi) is 16.8. The second kappa shape index (κ2) is 22.2. The fourth-order valence-electron chi connectivity index (χ4n) is 7.66. The van der Waals surface area contributed by atoms with Crippen LogP contribution in [0.2, 0.25) is 0 Å². The Morgan fingerprint density at radius 1 is 0.862 bits per heavy atom. The van der Waals surface area contributed by atoms with Crippen LogP contribution in [0.25, 0.3) is 6.08 Å². The molecule has 3 aliphatic rings. The van der Waals surface area contributed by atoms with Gasteiger partial charge >= 0.3 is 11.9 Å². The molecule has 0 aromatic heterocycles. The Balaban J connectivity index is 1.12. The van der Waals surface area contributed by atoms with Gasteiger partial charge in [-0.05, 0) is 51.0 Å². The van der Waals surface area contributed by atoms with Gasteiger partial charge < -0.3 is 64.6 Å². The summed E-state index contributed by atoms with van der Waals surface area (Å²) in [5.41, 5.74) is 1.86.